The Labute approximate surface area is 130 Å². The summed E-state index contributed by atoms with van der Waals surface area (Å²) in [6.45, 7) is 4.44. The van der Waals surface area contributed by atoms with Crippen LogP contribution in [0.25, 0.3) is 0 Å². The maximum atomic E-state index is 13.3. The minimum absolute atomic E-state index is 0.0901. The molecule has 1 heterocycles. The van der Waals surface area contributed by atoms with E-state index in [0.29, 0.717) is 37.3 Å². The Morgan fingerprint density at radius 3 is 2.77 bits per heavy atom. The lowest BCUT2D eigenvalue weighted by Gasteiger charge is -2.23. The molecule has 122 valence electrons. The van der Waals surface area contributed by atoms with Gasteiger partial charge in [-0.1, -0.05) is 0 Å². The zero-order valence-electron chi connectivity index (χ0n) is 12.8. The van der Waals surface area contributed by atoms with Crippen molar-refractivity contribution < 1.29 is 19.4 Å². The minimum Gasteiger partial charge on any atom is -0.394 e. The number of aryl methyl sites for hydroxylation is 1. The van der Waals surface area contributed by atoms with Crippen LogP contribution in [0.2, 0.25) is 0 Å². The number of halogens is 1. The molecule has 1 aromatic rings. The number of hydrogen-bond donors (Lipinski definition) is 2. The van der Waals surface area contributed by atoms with Crippen molar-refractivity contribution in [2.75, 3.05) is 39.3 Å². The second-order valence-electron chi connectivity index (χ2n) is 5.75. The molecule has 0 spiro atoms. The number of hydrogen-bond acceptors (Lipinski definition) is 4. The van der Waals surface area contributed by atoms with E-state index < -0.39 is 6.10 Å². The highest BCUT2D eigenvalue weighted by Crippen LogP contribution is 2.13. The summed E-state index contributed by atoms with van der Waals surface area (Å²) in [5.41, 5.74) is 0.969. The van der Waals surface area contributed by atoms with Crippen molar-refractivity contribution in [1.29, 1.82) is 0 Å². The Bertz CT molecular complexity index is 524. The van der Waals surface area contributed by atoms with Crippen molar-refractivity contribution in [3.05, 3.63) is 35.1 Å². The number of aliphatic hydroxyl groups is 2. The predicted octanol–water partition coefficient (Wildman–Crippen LogP) is 0.635. The molecule has 0 bridgehead atoms. The van der Waals surface area contributed by atoms with Crippen molar-refractivity contribution in [3.8, 4) is 0 Å². The maximum absolute atomic E-state index is 13.3. The first-order valence-corrected chi connectivity index (χ1v) is 7.58. The number of aliphatic hydroxyl groups excluding tert-OH is 2. The average Bonchev–Trinajstić information content (AvgIpc) is 2.74. The molecule has 0 radical (unpaired) electrons. The molecule has 1 amide bonds. The third-order valence-corrected chi connectivity index (χ3v) is 3.96. The smallest absolute Gasteiger partial charge is 0.253 e. The Kier molecular flexibility index (Phi) is 5.88. The zero-order valence-corrected chi connectivity index (χ0v) is 12.8. The van der Waals surface area contributed by atoms with Crippen molar-refractivity contribution in [3.63, 3.8) is 0 Å². The normalized spacial score (nSPS) is 18.1. The van der Waals surface area contributed by atoms with Gasteiger partial charge in [-0.15, -0.1) is 0 Å². The molecule has 2 rings (SSSR count). The van der Waals surface area contributed by atoms with Crippen LogP contribution in [0.15, 0.2) is 18.2 Å². The SMILES string of the molecule is Cc1cc(C(=O)N2CCCN(CC(O)CO)CC2)ccc1F. The van der Waals surface area contributed by atoms with E-state index in [1.54, 1.807) is 17.9 Å². The third-order valence-electron chi connectivity index (χ3n) is 3.96. The van der Waals surface area contributed by atoms with Crippen LogP contribution >= 0.6 is 0 Å². The molecular weight excluding hydrogens is 287 g/mol. The van der Waals surface area contributed by atoms with E-state index in [-0.39, 0.29) is 18.3 Å². The second-order valence-corrected chi connectivity index (χ2v) is 5.75. The summed E-state index contributed by atoms with van der Waals surface area (Å²) < 4.78 is 13.3. The molecule has 5 nitrogen and oxygen atoms in total. The van der Waals surface area contributed by atoms with Gasteiger partial charge in [-0.05, 0) is 43.7 Å². The molecule has 2 N–H and O–H groups in total. The first kappa shape index (κ1) is 16.9. The summed E-state index contributed by atoms with van der Waals surface area (Å²) in [7, 11) is 0. The molecule has 0 aromatic heterocycles. The minimum atomic E-state index is -0.748. The van der Waals surface area contributed by atoms with E-state index in [2.05, 4.69) is 0 Å². The molecule has 1 unspecified atom stereocenters. The van der Waals surface area contributed by atoms with Gasteiger partial charge in [0.2, 0.25) is 0 Å². The zero-order chi connectivity index (χ0) is 16.1. The van der Waals surface area contributed by atoms with Gasteiger partial charge in [0.15, 0.2) is 0 Å². The van der Waals surface area contributed by atoms with Gasteiger partial charge in [0, 0.05) is 31.7 Å². The van der Waals surface area contributed by atoms with Gasteiger partial charge in [-0.25, -0.2) is 4.39 Å². The number of carbonyl (C=O) groups is 1. The van der Waals surface area contributed by atoms with Crippen molar-refractivity contribution >= 4 is 5.91 Å². The summed E-state index contributed by atoms with van der Waals surface area (Å²) in [5, 5.41) is 18.4. The van der Waals surface area contributed by atoms with Crippen LogP contribution < -0.4 is 0 Å². The van der Waals surface area contributed by atoms with Gasteiger partial charge in [0.05, 0.1) is 12.7 Å². The lowest BCUT2D eigenvalue weighted by Crippen LogP contribution is -2.38. The van der Waals surface area contributed by atoms with Gasteiger partial charge < -0.3 is 15.1 Å². The molecule has 1 atom stereocenters. The van der Waals surface area contributed by atoms with E-state index >= 15 is 0 Å². The molecule has 0 aliphatic carbocycles. The van der Waals surface area contributed by atoms with Crippen molar-refractivity contribution in [2.24, 2.45) is 0 Å². The first-order valence-electron chi connectivity index (χ1n) is 7.58. The van der Waals surface area contributed by atoms with Crippen LogP contribution in [0.1, 0.15) is 22.3 Å². The Morgan fingerprint density at radius 1 is 1.32 bits per heavy atom. The summed E-state index contributed by atoms with van der Waals surface area (Å²) in [4.78, 5) is 16.3. The van der Waals surface area contributed by atoms with E-state index in [1.807, 2.05) is 4.90 Å². The fourth-order valence-corrected chi connectivity index (χ4v) is 2.67. The number of amides is 1. The van der Waals surface area contributed by atoms with Crippen LogP contribution in [0.4, 0.5) is 4.39 Å². The van der Waals surface area contributed by atoms with Gasteiger partial charge in [0.1, 0.15) is 5.82 Å². The summed E-state index contributed by atoms with van der Waals surface area (Å²) in [5.74, 6) is -0.399. The van der Waals surface area contributed by atoms with Gasteiger partial charge in [-0.2, -0.15) is 0 Å². The first-order chi connectivity index (χ1) is 10.5. The maximum Gasteiger partial charge on any atom is 0.253 e. The number of carbonyl (C=O) groups excluding carboxylic acids is 1. The molecule has 6 heteroatoms. The number of rotatable bonds is 4. The monoisotopic (exact) mass is 310 g/mol. The molecule has 1 saturated heterocycles. The van der Waals surface area contributed by atoms with Crippen molar-refractivity contribution in [2.45, 2.75) is 19.4 Å². The largest absolute Gasteiger partial charge is 0.394 e. The summed E-state index contributed by atoms with van der Waals surface area (Å²) in [6, 6.07) is 4.42. The fourth-order valence-electron chi connectivity index (χ4n) is 2.67. The van der Waals surface area contributed by atoms with Crippen LogP contribution in [-0.4, -0.2) is 71.4 Å². The van der Waals surface area contributed by atoms with Gasteiger partial charge in [-0.3, -0.25) is 9.69 Å². The standard InChI is InChI=1S/C16H23FN2O3/c1-12-9-13(3-4-15(12)17)16(22)19-6-2-5-18(7-8-19)10-14(21)11-20/h3-4,9,14,20-21H,2,5-8,10-11H2,1H3. The van der Waals surface area contributed by atoms with E-state index in [9.17, 15) is 14.3 Å². The fraction of sp³-hybridized carbons (Fsp3) is 0.562. The number of β-amino-alcohol motifs (C(OH)–C–C–N with tert-alkyl or cyclic N) is 1. The summed E-state index contributed by atoms with van der Waals surface area (Å²) in [6.07, 6.45) is 0.0614. The Balaban J connectivity index is 1.98. The second kappa shape index (κ2) is 7.67. The van der Waals surface area contributed by atoms with Crippen LogP contribution in [0, 0.1) is 12.7 Å². The molecule has 0 saturated carbocycles. The van der Waals surface area contributed by atoms with E-state index in [1.165, 1.54) is 12.1 Å². The molecule has 1 aliphatic rings. The average molecular weight is 310 g/mol. The van der Waals surface area contributed by atoms with E-state index in [4.69, 9.17) is 5.11 Å². The number of benzene rings is 1. The molecule has 1 fully saturated rings. The van der Waals surface area contributed by atoms with Gasteiger partial charge in [0.25, 0.3) is 5.91 Å². The van der Waals surface area contributed by atoms with Crippen LogP contribution in [0.5, 0.6) is 0 Å². The molecular formula is C16H23FN2O3. The van der Waals surface area contributed by atoms with Crippen LogP contribution in [-0.2, 0) is 0 Å². The Morgan fingerprint density at radius 2 is 2.09 bits per heavy atom. The van der Waals surface area contributed by atoms with Crippen LogP contribution in [0.3, 0.4) is 0 Å². The highest BCUT2D eigenvalue weighted by Gasteiger charge is 2.21. The third kappa shape index (κ3) is 4.25. The molecule has 1 aliphatic heterocycles. The molecule has 1 aromatic carbocycles. The lowest BCUT2D eigenvalue weighted by atomic mass is 10.1. The van der Waals surface area contributed by atoms with E-state index in [0.717, 1.165) is 13.0 Å². The van der Waals surface area contributed by atoms with Gasteiger partial charge >= 0.3 is 0 Å². The number of nitrogens with zero attached hydrogens (tertiary/aromatic N) is 2. The molecule has 22 heavy (non-hydrogen) atoms. The Hall–Kier alpha value is -1.50. The quantitative estimate of drug-likeness (QED) is 0.856. The predicted molar refractivity (Wildman–Crippen MR) is 81.2 cm³/mol. The van der Waals surface area contributed by atoms with Crippen molar-refractivity contribution in [1.82, 2.24) is 9.80 Å². The highest BCUT2D eigenvalue weighted by molar-refractivity contribution is 5.94. The lowest BCUT2D eigenvalue weighted by molar-refractivity contribution is 0.0593. The highest BCUT2D eigenvalue weighted by atomic mass is 19.1. The topological polar surface area (TPSA) is 64.0 Å². The summed E-state index contributed by atoms with van der Waals surface area (Å²) >= 11 is 0.